The van der Waals surface area contributed by atoms with Gasteiger partial charge in [-0.25, -0.2) is 0 Å². The average Bonchev–Trinajstić information content (AvgIpc) is 3.31. The van der Waals surface area contributed by atoms with Crippen LogP contribution in [0.1, 0.15) is 32.0 Å². The second kappa shape index (κ2) is 7.57. The molecule has 8 heteroatoms. The van der Waals surface area contributed by atoms with Crippen molar-refractivity contribution in [3.63, 3.8) is 0 Å². The van der Waals surface area contributed by atoms with Crippen molar-refractivity contribution in [1.29, 1.82) is 0 Å². The molecule has 8 nitrogen and oxygen atoms in total. The lowest BCUT2D eigenvalue weighted by molar-refractivity contribution is -0.131. The van der Waals surface area contributed by atoms with Gasteiger partial charge < -0.3 is 9.42 Å². The lowest BCUT2D eigenvalue weighted by Crippen LogP contribution is -2.40. The van der Waals surface area contributed by atoms with Gasteiger partial charge in [-0.05, 0) is 12.5 Å². The van der Waals surface area contributed by atoms with E-state index in [4.69, 9.17) is 4.52 Å². The molecule has 3 rings (SSSR count). The Morgan fingerprint density at radius 3 is 3.00 bits per heavy atom. The first-order valence-electron chi connectivity index (χ1n) is 8.44. The largest absolute Gasteiger partial charge is 0.339 e. The van der Waals surface area contributed by atoms with Crippen LogP contribution in [0.5, 0.6) is 0 Å². The maximum absolute atomic E-state index is 12.1. The Labute approximate surface area is 141 Å². The molecule has 1 saturated heterocycles. The van der Waals surface area contributed by atoms with Gasteiger partial charge >= 0.3 is 0 Å². The summed E-state index contributed by atoms with van der Waals surface area (Å²) in [7, 11) is 0. The predicted octanol–water partition coefficient (Wildman–Crippen LogP) is 0.951. The maximum atomic E-state index is 12.1. The second-order valence-corrected chi connectivity index (χ2v) is 6.12. The number of hydrogen-bond donors (Lipinski definition) is 0. The number of carbonyl (C=O) groups is 1. The molecule has 0 aromatic carbocycles. The zero-order valence-electron chi connectivity index (χ0n) is 14.3. The van der Waals surface area contributed by atoms with Gasteiger partial charge in [-0.3, -0.25) is 14.4 Å². The molecule has 1 fully saturated rings. The fourth-order valence-electron chi connectivity index (χ4n) is 3.09. The number of likely N-dealkylation sites (tertiary alicyclic amines) is 1. The van der Waals surface area contributed by atoms with E-state index in [0.717, 1.165) is 32.6 Å². The molecule has 0 aliphatic carbocycles. The van der Waals surface area contributed by atoms with Crippen LogP contribution in [0.4, 0.5) is 0 Å². The Bertz CT molecular complexity index is 653. The first-order chi connectivity index (χ1) is 11.7. The van der Waals surface area contributed by atoms with Crippen molar-refractivity contribution < 1.29 is 9.32 Å². The van der Waals surface area contributed by atoms with Gasteiger partial charge in [0.25, 0.3) is 0 Å². The second-order valence-electron chi connectivity index (χ2n) is 6.12. The predicted molar refractivity (Wildman–Crippen MR) is 87.0 cm³/mol. The van der Waals surface area contributed by atoms with E-state index in [1.165, 1.54) is 0 Å². The average molecular weight is 332 g/mol. The van der Waals surface area contributed by atoms with Crippen LogP contribution in [0.2, 0.25) is 0 Å². The van der Waals surface area contributed by atoms with Crippen molar-refractivity contribution in [3.8, 4) is 0 Å². The Balaban J connectivity index is 1.55. The molecule has 2 aromatic heterocycles. The van der Waals surface area contributed by atoms with Crippen molar-refractivity contribution >= 4 is 5.91 Å². The highest BCUT2D eigenvalue weighted by atomic mass is 16.5. The molecule has 2 aromatic rings. The number of nitrogens with zero attached hydrogens (tertiary/aromatic N) is 6. The molecule has 130 valence electrons. The number of rotatable bonds is 7. The quantitative estimate of drug-likeness (QED) is 0.751. The minimum atomic E-state index is 0.0526. The van der Waals surface area contributed by atoms with Crippen molar-refractivity contribution in [3.05, 3.63) is 30.2 Å². The zero-order chi connectivity index (χ0) is 16.9. The summed E-state index contributed by atoms with van der Waals surface area (Å²) in [5.41, 5.74) is 0. The van der Waals surface area contributed by atoms with E-state index in [0.29, 0.717) is 24.7 Å². The number of hydrogen-bond acceptors (Lipinski definition) is 6. The molecule has 24 heavy (non-hydrogen) atoms. The van der Waals surface area contributed by atoms with Crippen LogP contribution in [0.15, 0.2) is 23.0 Å². The van der Waals surface area contributed by atoms with Crippen LogP contribution >= 0.6 is 0 Å². The van der Waals surface area contributed by atoms with Crippen LogP contribution in [0, 0.1) is 0 Å². The van der Waals surface area contributed by atoms with Crippen molar-refractivity contribution in [2.75, 3.05) is 19.6 Å². The molecule has 1 aliphatic rings. The van der Waals surface area contributed by atoms with E-state index < -0.39 is 0 Å². The van der Waals surface area contributed by atoms with E-state index in [9.17, 15) is 4.79 Å². The number of amides is 1. The molecule has 1 unspecified atom stereocenters. The highest BCUT2D eigenvalue weighted by molar-refractivity contribution is 5.73. The van der Waals surface area contributed by atoms with Gasteiger partial charge in [0.15, 0.2) is 5.82 Å². The monoisotopic (exact) mass is 332 g/mol. The standard InChI is InChI=1S/C16H24N6O2/c1-3-16-18-15(19-24-16)12-22(13(2)23)14-5-8-20(11-14)9-10-21-7-4-6-17-21/h4,6-7,14H,3,5,8-12H2,1-2H3. The molecular weight excluding hydrogens is 308 g/mol. The number of aromatic nitrogens is 4. The van der Waals surface area contributed by atoms with Gasteiger partial charge in [-0.1, -0.05) is 12.1 Å². The van der Waals surface area contributed by atoms with Crippen molar-refractivity contribution in [2.24, 2.45) is 0 Å². The Hall–Kier alpha value is -2.22. The minimum absolute atomic E-state index is 0.0526. The smallest absolute Gasteiger partial charge is 0.226 e. The molecule has 1 atom stereocenters. The summed E-state index contributed by atoms with van der Waals surface area (Å²) in [4.78, 5) is 20.6. The highest BCUT2D eigenvalue weighted by Gasteiger charge is 2.30. The third-order valence-corrected chi connectivity index (χ3v) is 4.42. The SMILES string of the molecule is CCc1nc(CN(C(C)=O)C2CCN(CCn3cccn3)C2)no1. The van der Waals surface area contributed by atoms with Crippen LogP contribution in [-0.2, 0) is 24.3 Å². The fraction of sp³-hybridized carbons (Fsp3) is 0.625. The van der Waals surface area contributed by atoms with Gasteiger partial charge in [0, 0.05) is 51.4 Å². The minimum Gasteiger partial charge on any atom is -0.339 e. The summed E-state index contributed by atoms with van der Waals surface area (Å²) in [6, 6.07) is 2.13. The topological polar surface area (TPSA) is 80.3 Å². The molecule has 0 saturated carbocycles. The molecule has 0 N–H and O–H groups in total. The van der Waals surface area contributed by atoms with Gasteiger partial charge in [0.2, 0.25) is 11.8 Å². The Kier molecular flexibility index (Phi) is 5.24. The Morgan fingerprint density at radius 2 is 2.33 bits per heavy atom. The summed E-state index contributed by atoms with van der Waals surface area (Å²) in [5.74, 6) is 1.24. The van der Waals surface area contributed by atoms with Gasteiger partial charge in [-0.15, -0.1) is 0 Å². The highest BCUT2D eigenvalue weighted by Crippen LogP contribution is 2.18. The maximum Gasteiger partial charge on any atom is 0.226 e. The van der Waals surface area contributed by atoms with Crippen LogP contribution in [0.3, 0.4) is 0 Å². The van der Waals surface area contributed by atoms with Crippen LogP contribution < -0.4 is 0 Å². The summed E-state index contributed by atoms with van der Waals surface area (Å²) in [6.45, 7) is 7.65. The molecule has 0 radical (unpaired) electrons. The molecule has 3 heterocycles. The van der Waals surface area contributed by atoms with E-state index in [2.05, 4.69) is 20.1 Å². The zero-order valence-corrected chi connectivity index (χ0v) is 14.3. The normalized spacial score (nSPS) is 18.2. The van der Waals surface area contributed by atoms with Crippen molar-refractivity contribution in [1.82, 2.24) is 29.7 Å². The summed E-state index contributed by atoms with van der Waals surface area (Å²) in [6.07, 6.45) is 5.44. The first kappa shape index (κ1) is 16.6. The first-order valence-corrected chi connectivity index (χ1v) is 8.44. The molecular formula is C16H24N6O2. The van der Waals surface area contributed by atoms with Gasteiger partial charge in [0.05, 0.1) is 13.1 Å². The lowest BCUT2D eigenvalue weighted by Gasteiger charge is -2.27. The van der Waals surface area contributed by atoms with Gasteiger partial charge in [0.1, 0.15) is 0 Å². The lowest BCUT2D eigenvalue weighted by atomic mass is 10.2. The summed E-state index contributed by atoms with van der Waals surface area (Å²) < 4.78 is 7.07. The summed E-state index contributed by atoms with van der Waals surface area (Å²) in [5, 5.41) is 8.19. The molecule has 0 bridgehead atoms. The molecule has 1 aliphatic heterocycles. The third-order valence-electron chi connectivity index (χ3n) is 4.42. The summed E-state index contributed by atoms with van der Waals surface area (Å²) >= 11 is 0. The van der Waals surface area contributed by atoms with Gasteiger partial charge in [-0.2, -0.15) is 10.1 Å². The molecule has 0 spiro atoms. The van der Waals surface area contributed by atoms with Crippen LogP contribution in [-0.4, -0.2) is 61.3 Å². The van der Waals surface area contributed by atoms with Crippen LogP contribution in [0.25, 0.3) is 0 Å². The fourth-order valence-corrected chi connectivity index (χ4v) is 3.09. The van der Waals surface area contributed by atoms with Crippen molar-refractivity contribution in [2.45, 2.75) is 45.8 Å². The number of aryl methyl sites for hydroxylation is 1. The van der Waals surface area contributed by atoms with E-state index >= 15 is 0 Å². The number of carbonyl (C=O) groups excluding carboxylic acids is 1. The third kappa shape index (κ3) is 4.00. The Morgan fingerprint density at radius 1 is 1.46 bits per heavy atom. The van der Waals surface area contributed by atoms with E-state index in [1.54, 1.807) is 13.1 Å². The van der Waals surface area contributed by atoms with E-state index in [1.807, 2.05) is 28.8 Å². The molecule has 1 amide bonds. The van der Waals surface area contributed by atoms with E-state index in [-0.39, 0.29) is 11.9 Å².